The average Bonchev–Trinajstić information content (AvgIpc) is 2.89. The topological polar surface area (TPSA) is 51.5 Å². The molecule has 1 heterocycles. The van der Waals surface area contributed by atoms with Crippen LogP contribution in [0.4, 0.5) is 5.69 Å². The van der Waals surface area contributed by atoms with Crippen LogP contribution in [0.15, 0.2) is 47.1 Å². The highest BCUT2D eigenvalue weighted by Gasteiger charge is 2.13. The van der Waals surface area contributed by atoms with Crippen molar-refractivity contribution in [2.24, 2.45) is 0 Å². The number of hydrogen-bond acceptors (Lipinski definition) is 3. The predicted octanol–water partition coefficient (Wildman–Crippen LogP) is 4.58. The van der Waals surface area contributed by atoms with Crippen LogP contribution in [-0.2, 0) is 11.2 Å². The lowest BCUT2D eigenvalue weighted by Gasteiger charge is -2.10. The van der Waals surface area contributed by atoms with Crippen molar-refractivity contribution in [1.82, 2.24) is 0 Å². The smallest absolute Gasteiger partial charge is 0.229 e. The van der Waals surface area contributed by atoms with Crippen LogP contribution in [0.2, 0.25) is 5.02 Å². The molecule has 0 radical (unpaired) electrons. The van der Waals surface area contributed by atoms with Crippen LogP contribution in [0.5, 0.6) is 5.75 Å². The van der Waals surface area contributed by atoms with Gasteiger partial charge in [-0.1, -0.05) is 23.7 Å². The first-order valence-electron chi connectivity index (χ1n) is 7.17. The van der Waals surface area contributed by atoms with E-state index in [0.717, 1.165) is 22.1 Å². The van der Waals surface area contributed by atoms with E-state index in [9.17, 15) is 4.79 Å². The molecule has 0 aliphatic carbocycles. The predicted molar refractivity (Wildman–Crippen MR) is 91.3 cm³/mol. The number of halogens is 1. The molecule has 1 aromatic heterocycles. The Morgan fingerprint density at radius 3 is 2.87 bits per heavy atom. The molecule has 5 heteroatoms. The lowest BCUT2D eigenvalue weighted by Crippen LogP contribution is -2.14. The number of hydrogen-bond donors (Lipinski definition) is 1. The fraction of sp³-hybridized carbons (Fsp3) is 0.167. The van der Waals surface area contributed by atoms with E-state index in [1.165, 1.54) is 0 Å². The molecule has 0 saturated heterocycles. The van der Waals surface area contributed by atoms with Crippen molar-refractivity contribution in [3.05, 3.63) is 58.8 Å². The third-order valence-corrected chi connectivity index (χ3v) is 3.83. The van der Waals surface area contributed by atoms with Crippen LogP contribution >= 0.6 is 11.6 Å². The molecule has 0 spiro atoms. The van der Waals surface area contributed by atoms with Crippen LogP contribution in [0.3, 0.4) is 0 Å². The fourth-order valence-electron chi connectivity index (χ4n) is 2.47. The maximum Gasteiger partial charge on any atom is 0.229 e. The highest BCUT2D eigenvalue weighted by Crippen LogP contribution is 2.28. The Morgan fingerprint density at radius 2 is 2.09 bits per heavy atom. The SMILES string of the molecule is COc1ccc(Cl)cc1NC(=O)Cc1coc2cc(C)ccc12. The largest absolute Gasteiger partial charge is 0.495 e. The summed E-state index contributed by atoms with van der Waals surface area (Å²) < 4.78 is 10.7. The van der Waals surface area contributed by atoms with Gasteiger partial charge in [-0.15, -0.1) is 0 Å². The first-order chi connectivity index (χ1) is 11.1. The number of furan rings is 1. The Labute approximate surface area is 139 Å². The summed E-state index contributed by atoms with van der Waals surface area (Å²) in [6.45, 7) is 2.00. The number of carbonyl (C=O) groups excluding carboxylic acids is 1. The second-order valence-corrected chi connectivity index (χ2v) is 5.77. The Hall–Kier alpha value is -2.46. The van der Waals surface area contributed by atoms with Gasteiger partial charge in [-0.2, -0.15) is 0 Å². The zero-order valence-electron chi connectivity index (χ0n) is 12.9. The molecule has 3 aromatic rings. The number of benzene rings is 2. The van der Waals surface area contributed by atoms with Crippen molar-refractivity contribution in [2.75, 3.05) is 12.4 Å². The number of nitrogens with one attached hydrogen (secondary N) is 1. The molecule has 23 heavy (non-hydrogen) atoms. The quantitative estimate of drug-likeness (QED) is 0.762. The Balaban J connectivity index is 1.80. The molecule has 4 nitrogen and oxygen atoms in total. The van der Waals surface area contributed by atoms with E-state index < -0.39 is 0 Å². The summed E-state index contributed by atoms with van der Waals surface area (Å²) in [5, 5.41) is 4.31. The number of ether oxygens (including phenoxy) is 1. The lowest BCUT2D eigenvalue weighted by molar-refractivity contribution is -0.115. The average molecular weight is 330 g/mol. The number of carbonyl (C=O) groups is 1. The van der Waals surface area contributed by atoms with Gasteiger partial charge in [-0.3, -0.25) is 4.79 Å². The van der Waals surface area contributed by atoms with Crippen molar-refractivity contribution >= 4 is 34.2 Å². The molecule has 118 valence electrons. The van der Waals surface area contributed by atoms with Crippen LogP contribution < -0.4 is 10.1 Å². The van der Waals surface area contributed by atoms with Gasteiger partial charge in [0.25, 0.3) is 0 Å². The third kappa shape index (κ3) is 3.32. The lowest BCUT2D eigenvalue weighted by atomic mass is 10.1. The molecule has 0 saturated carbocycles. The van der Waals surface area contributed by atoms with Gasteiger partial charge in [0.2, 0.25) is 5.91 Å². The van der Waals surface area contributed by atoms with E-state index in [0.29, 0.717) is 16.5 Å². The molecule has 0 aliphatic heterocycles. The van der Waals surface area contributed by atoms with E-state index in [-0.39, 0.29) is 12.3 Å². The van der Waals surface area contributed by atoms with E-state index in [1.807, 2.05) is 25.1 Å². The number of fused-ring (bicyclic) bond motifs is 1. The monoisotopic (exact) mass is 329 g/mol. The van der Waals surface area contributed by atoms with Gasteiger partial charge in [0.1, 0.15) is 11.3 Å². The maximum atomic E-state index is 12.3. The van der Waals surface area contributed by atoms with Gasteiger partial charge in [0.15, 0.2) is 0 Å². The van der Waals surface area contributed by atoms with Crippen LogP contribution in [0.25, 0.3) is 11.0 Å². The molecule has 0 fully saturated rings. The number of rotatable bonds is 4. The summed E-state index contributed by atoms with van der Waals surface area (Å²) in [7, 11) is 1.55. The van der Waals surface area contributed by atoms with Crippen molar-refractivity contribution < 1.29 is 13.9 Å². The van der Waals surface area contributed by atoms with Crippen LogP contribution in [-0.4, -0.2) is 13.0 Å². The van der Waals surface area contributed by atoms with Crippen LogP contribution in [0, 0.1) is 6.92 Å². The zero-order chi connectivity index (χ0) is 16.4. The summed E-state index contributed by atoms with van der Waals surface area (Å²) in [5.41, 5.74) is 3.30. The fourth-order valence-corrected chi connectivity index (χ4v) is 2.64. The molecule has 3 rings (SSSR count). The van der Waals surface area contributed by atoms with Gasteiger partial charge < -0.3 is 14.5 Å². The van der Waals surface area contributed by atoms with Crippen molar-refractivity contribution in [1.29, 1.82) is 0 Å². The molecule has 1 amide bonds. The van der Waals surface area contributed by atoms with E-state index in [2.05, 4.69) is 5.32 Å². The standard InChI is InChI=1S/C18H16ClNO3/c1-11-3-5-14-12(10-23-17(14)7-11)8-18(21)20-15-9-13(19)4-6-16(15)22-2/h3-7,9-10H,8H2,1-2H3,(H,20,21). The highest BCUT2D eigenvalue weighted by atomic mass is 35.5. The molecule has 0 unspecified atom stereocenters. The van der Waals surface area contributed by atoms with E-state index in [1.54, 1.807) is 31.6 Å². The summed E-state index contributed by atoms with van der Waals surface area (Å²) in [4.78, 5) is 12.3. The van der Waals surface area contributed by atoms with E-state index >= 15 is 0 Å². The number of anilines is 1. The van der Waals surface area contributed by atoms with Gasteiger partial charge in [0, 0.05) is 16.0 Å². The Bertz CT molecular complexity index is 870. The van der Waals surface area contributed by atoms with E-state index in [4.69, 9.17) is 20.8 Å². The first-order valence-corrected chi connectivity index (χ1v) is 7.55. The van der Waals surface area contributed by atoms with Crippen molar-refractivity contribution in [3.63, 3.8) is 0 Å². The normalized spacial score (nSPS) is 10.7. The minimum atomic E-state index is -0.158. The third-order valence-electron chi connectivity index (χ3n) is 3.60. The molecule has 2 aromatic carbocycles. The second-order valence-electron chi connectivity index (χ2n) is 5.33. The molecule has 1 N–H and O–H groups in total. The summed E-state index contributed by atoms with van der Waals surface area (Å²) in [5.74, 6) is 0.407. The number of amides is 1. The molecule has 0 aliphatic rings. The van der Waals surface area contributed by atoms with Gasteiger partial charge in [0.05, 0.1) is 25.5 Å². The van der Waals surface area contributed by atoms with Gasteiger partial charge in [-0.05, 0) is 36.8 Å². The number of aryl methyl sites for hydroxylation is 1. The summed E-state index contributed by atoms with van der Waals surface area (Å²) in [6.07, 6.45) is 1.84. The van der Waals surface area contributed by atoms with Gasteiger partial charge >= 0.3 is 0 Å². The molecule has 0 bridgehead atoms. The van der Waals surface area contributed by atoms with Crippen molar-refractivity contribution in [2.45, 2.75) is 13.3 Å². The minimum Gasteiger partial charge on any atom is -0.495 e. The summed E-state index contributed by atoms with van der Waals surface area (Å²) >= 11 is 5.97. The second kappa shape index (κ2) is 6.34. The minimum absolute atomic E-state index is 0.158. The highest BCUT2D eigenvalue weighted by molar-refractivity contribution is 6.31. The molecular weight excluding hydrogens is 314 g/mol. The number of methoxy groups -OCH3 is 1. The summed E-state index contributed by atoms with van der Waals surface area (Å²) in [6, 6.07) is 11.0. The molecular formula is C18H16ClNO3. The zero-order valence-corrected chi connectivity index (χ0v) is 13.6. The Morgan fingerprint density at radius 1 is 1.26 bits per heavy atom. The first kappa shape index (κ1) is 15.4. The Kier molecular flexibility index (Phi) is 4.26. The van der Waals surface area contributed by atoms with Crippen LogP contribution in [0.1, 0.15) is 11.1 Å². The van der Waals surface area contributed by atoms with Crippen molar-refractivity contribution in [3.8, 4) is 5.75 Å². The van der Waals surface area contributed by atoms with Gasteiger partial charge in [-0.25, -0.2) is 0 Å². The molecule has 0 atom stereocenters. The maximum absolute atomic E-state index is 12.3.